The average molecular weight is 631 g/mol. The SMILES string of the molecule is CCCC(O)c1ccc(C2=CCC(OC(=O)C3CC=C(c4ccc(-c5ccc(O)c(F)c5F)c(F)c4F)CC3)CC2)c(F)c1F. The first-order chi connectivity index (χ1) is 21.5. The van der Waals surface area contributed by atoms with Gasteiger partial charge in [0, 0.05) is 34.2 Å². The number of allylic oxidation sites excluding steroid dienone is 3. The van der Waals surface area contributed by atoms with Crippen molar-refractivity contribution >= 4 is 17.1 Å². The Bertz CT molecular complexity index is 1680. The van der Waals surface area contributed by atoms with Gasteiger partial charge in [-0.2, -0.15) is 4.39 Å². The number of rotatable bonds is 8. The van der Waals surface area contributed by atoms with Crippen LogP contribution in [0.5, 0.6) is 5.75 Å². The minimum absolute atomic E-state index is 0.0516. The monoisotopic (exact) mass is 630 g/mol. The highest BCUT2D eigenvalue weighted by molar-refractivity contribution is 5.77. The summed E-state index contributed by atoms with van der Waals surface area (Å²) < 4.78 is 93.2. The van der Waals surface area contributed by atoms with E-state index in [9.17, 15) is 37.0 Å². The summed E-state index contributed by atoms with van der Waals surface area (Å²) in [5.74, 6) is -9.63. The van der Waals surface area contributed by atoms with E-state index in [-0.39, 0.29) is 29.5 Å². The van der Waals surface area contributed by atoms with Gasteiger partial charge in [0.05, 0.1) is 12.0 Å². The van der Waals surface area contributed by atoms with Gasteiger partial charge in [-0.25, -0.2) is 22.0 Å². The lowest BCUT2D eigenvalue weighted by Crippen LogP contribution is -2.26. The van der Waals surface area contributed by atoms with Gasteiger partial charge in [-0.05, 0) is 61.8 Å². The van der Waals surface area contributed by atoms with Gasteiger partial charge < -0.3 is 14.9 Å². The highest BCUT2D eigenvalue weighted by atomic mass is 19.2. The van der Waals surface area contributed by atoms with Crippen molar-refractivity contribution in [2.24, 2.45) is 5.92 Å². The number of esters is 1. The van der Waals surface area contributed by atoms with Crippen molar-refractivity contribution < 1.29 is 46.1 Å². The van der Waals surface area contributed by atoms with Gasteiger partial charge in [0.25, 0.3) is 0 Å². The number of carbonyl (C=O) groups is 1. The lowest BCUT2D eigenvalue weighted by Gasteiger charge is -2.26. The predicted molar refractivity (Wildman–Crippen MR) is 157 cm³/mol. The van der Waals surface area contributed by atoms with Crippen LogP contribution >= 0.6 is 0 Å². The van der Waals surface area contributed by atoms with Gasteiger partial charge in [-0.3, -0.25) is 4.79 Å². The molecule has 0 aromatic heterocycles. The van der Waals surface area contributed by atoms with E-state index in [0.717, 1.165) is 18.2 Å². The first-order valence-electron chi connectivity index (χ1n) is 14.9. The highest BCUT2D eigenvalue weighted by Gasteiger charge is 2.30. The summed E-state index contributed by atoms with van der Waals surface area (Å²) >= 11 is 0. The number of hydrogen-bond acceptors (Lipinski definition) is 4. The van der Waals surface area contributed by atoms with Crippen LogP contribution in [-0.4, -0.2) is 22.3 Å². The Hall–Kier alpha value is -4.05. The number of phenols is 1. The largest absolute Gasteiger partial charge is 0.505 e. The molecule has 10 heteroatoms. The first kappa shape index (κ1) is 32.3. The molecule has 3 aromatic carbocycles. The van der Waals surface area contributed by atoms with E-state index in [1.807, 2.05) is 6.92 Å². The molecule has 2 N–H and O–H groups in total. The Labute approximate surface area is 256 Å². The van der Waals surface area contributed by atoms with Crippen molar-refractivity contribution in [3.8, 4) is 16.9 Å². The fourth-order valence-corrected chi connectivity index (χ4v) is 5.97. The van der Waals surface area contributed by atoms with Crippen LogP contribution in [0.15, 0.2) is 48.6 Å². The van der Waals surface area contributed by atoms with Crippen LogP contribution in [0.2, 0.25) is 0 Å². The second kappa shape index (κ2) is 13.5. The molecule has 2 aliphatic carbocycles. The number of benzene rings is 3. The summed E-state index contributed by atoms with van der Waals surface area (Å²) in [6.45, 7) is 1.84. The number of halogens is 6. The normalized spacial score (nSPS) is 19.1. The molecule has 0 spiro atoms. The first-order valence-corrected chi connectivity index (χ1v) is 14.9. The molecule has 3 unspecified atom stereocenters. The zero-order valence-electron chi connectivity index (χ0n) is 24.5. The van der Waals surface area contributed by atoms with Crippen molar-refractivity contribution in [3.05, 3.63) is 100 Å². The van der Waals surface area contributed by atoms with Crippen LogP contribution in [-0.2, 0) is 9.53 Å². The Balaban J connectivity index is 1.21. The van der Waals surface area contributed by atoms with Gasteiger partial charge in [0.2, 0.25) is 5.82 Å². The number of aliphatic hydroxyl groups is 1. The van der Waals surface area contributed by atoms with E-state index >= 15 is 4.39 Å². The standard InChI is InChI=1S/C35H32F6O4/c1-2-3-27(42)26-15-13-23(30(37)33(26)40)19-8-10-21(11-9-19)45-35(44)20-6-4-18(5-7-20)22-12-14-24(31(38)29(22)36)25-16-17-28(43)34(41)32(25)39/h4,8,12-17,20-21,27,42-43H,2-3,5-7,9-11H2,1H3. The van der Waals surface area contributed by atoms with Gasteiger partial charge in [-0.15, -0.1) is 0 Å². The number of ether oxygens (including phenoxy) is 1. The van der Waals surface area contributed by atoms with Gasteiger partial charge in [0.15, 0.2) is 34.8 Å². The molecule has 238 valence electrons. The number of phenolic OH excluding ortho intramolecular Hbond substituents is 1. The third-order valence-electron chi connectivity index (χ3n) is 8.55. The van der Waals surface area contributed by atoms with E-state index < -0.39 is 75.9 Å². The molecular weight excluding hydrogens is 598 g/mol. The molecule has 5 rings (SSSR count). The maximum absolute atomic E-state index is 15.1. The van der Waals surface area contributed by atoms with Crippen molar-refractivity contribution in [3.63, 3.8) is 0 Å². The van der Waals surface area contributed by atoms with Crippen LogP contribution in [0, 0.1) is 40.8 Å². The summed E-state index contributed by atoms with van der Waals surface area (Å²) in [6, 6.07) is 7.08. The minimum atomic E-state index is -1.56. The molecule has 2 aliphatic rings. The van der Waals surface area contributed by atoms with Crippen molar-refractivity contribution in [2.75, 3.05) is 0 Å². The van der Waals surface area contributed by atoms with Crippen LogP contribution in [0.4, 0.5) is 26.3 Å². The second-order valence-electron chi connectivity index (χ2n) is 11.4. The second-order valence-corrected chi connectivity index (χ2v) is 11.4. The third kappa shape index (κ3) is 6.52. The van der Waals surface area contributed by atoms with Crippen LogP contribution in [0.3, 0.4) is 0 Å². The summed E-state index contributed by atoms with van der Waals surface area (Å²) in [5, 5.41) is 19.4. The summed E-state index contributed by atoms with van der Waals surface area (Å²) in [4.78, 5) is 12.9. The number of carbonyl (C=O) groups excluding carboxylic acids is 1. The lowest BCUT2D eigenvalue weighted by molar-refractivity contribution is -0.154. The van der Waals surface area contributed by atoms with Crippen molar-refractivity contribution in [1.29, 1.82) is 0 Å². The minimum Gasteiger partial charge on any atom is -0.505 e. The average Bonchev–Trinajstić information content (AvgIpc) is 3.03. The quantitative estimate of drug-likeness (QED) is 0.193. The molecule has 0 bridgehead atoms. The molecule has 0 saturated carbocycles. The van der Waals surface area contributed by atoms with E-state index in [0.29, 0.717) is 49.7 Å². The van der Waals surface area contributed by atoms with E-state index in [2.05, 4.69) is 0 Å². The molecule has 3 aromatic rings. The zero-order chi connectivity index (χ0) is 32.4. The van der Waals surface area contributed by atoms with E-state index in [1.165, 1.54) is 18.2 Å². The van der Waals surface area contributed by atoms with Crippen LogP contribution in [0.1, 0.15) is 81.1 Å². The van der Waals surface area contributed by atoms with E-state index in [1.54, 1.807) is 12.2 Å². The lowest BCUT2D eigenvalue weighted by atomic mass is 9.85. The van der Waals surface area contributed by atoms with Crippen molar-refractivity contribution in [1.82, 2.24) is 0 Å². The fourth-order valence-electron chi connectivity index (χ4n) is 5.97. The summed E-state index contributed by atoms with van der Waals surface area (Å²) in [6.07, 6.45) is 4.65. The Morgan fingerprint density at radius 1 is 0.756 bits per heavy atom. The third-order valence-corrected chi connectivity index (χ3v) is 8.55. The van der Waals surface area contributed by atoms with Gasteiger partial charge in [-0.1, -0.05) is 49.8 Å². The zero-order valence-corrected chi connectivity index (χ0v) is 24.5. The predicted octanol–water partition coefficient (Wildman–Crippen LogP) is 9.09. The van der Waals surface area contributed by atoms with Gasteiger partial charge in [0.1, 0.15) is 6.10 Å². The fraction of sp³-hybridized carbons (Fsp3) is 0.343. The number of hydrogen-bond donors (Lipinski definition) is 2. The Kier molecular flexibility index (Phi) is 9.72. The van der Waals surface area contributed by atoms with Crippen LogP contribution < -0.4 is 0 Å². The van der Waals surface area contributed by atoms with Gasteiger partial charge >= 0.3 is 5.97 Å². The molecule has 0 radical (unpaired) electrons. The number of aliphatic hydroxyl groups excluding tert-OH is 1. The molecule has 0 heterocycles. The Morgan fingerprint density at radius 2 is 1.29 bits per heavy atom. The molecular formula is C35H32F6O4. The molecule has 0 amide bonds. The molecule has 45 heavy (non-hydrogen) atoms. The Morgan fingerprint density at radius 3 is 1.89 bits per heavy atom. The molecule has 0 fully saturated rings. The van der Waals surface area contributed by atoms with E-state index in [4.69, 9.17) is 4.74 Å². The highest BCUT2D eigenvalue weighted by Crippen LogP contribution is 2.38. The molecule has 0 saturated heterocycles. The molecule has 4 nitrogen and oxygen atoms in total. The van der Waals surface area contributed by atoms with Crippen LogP contribution in [0.25, 0.3) is 22.3 Å². The summed E-state index contributed by atoms with van der Waals surface area (Å²) in [5.41, 5.74) is 0.0285. The number of aromatic hydroxyl groups is 1. The summed E-state index contributed by atoms with van der Waals surface area (Å²) in [7, 11) is 0. The maximum Gasteiger partial charge on any atom is 0.309 e. The maximum atomic E-state index is 15.1. The smallest absolute Gasteiger partial charge is 0.309 e. The molecule has 0 aliphatic heterocycles. The van der Waals surface area contributed by atoms with Crippen molar-refractivity contribution in [2.45, 2.75) is 70.5 Å². The molecule has 3 atom stereocenters. The topological polar surface area (TPSA) is 66.8 Å².